The van der Waals surface area contributed by atoms with Crippen molar-refractivity contribution in [1.29, 1.82) is 0 Å². The maximum absolute atomic E-state index is 13.2. The first-order valence-corrected chi connectivity index (χ1v) is 9.91. The molecule has 0 radical (unpaired) electrons. The fourth-order valence-corrected chi connectivity index (χ4v) is 3.38. The third-order valence-corrected chi connectivity index (χ3v) is 4.87. The fraction of sp³-hybridized carbons (Fsp3) is 0.192. The second kappa shape index (κ2) is 9.74. The number of carbonyl (C=O) groups is 1. The van der Waals surface area contributed by atoms with Crippen LogP contribution in [0.15, 0.2) is 84.4 Å². The van der Waals surface area contributed by atoms with Crippen LogP contribution in [0.2, 0.25) is 0 Å². The predicted octanol–water partition coefficient (Wildman–Crippen LogP) is 6.44. The molecular formula is C26H28N2O. The molecule has 3 aromatic rings. The van der Waals surface area contributed by atoms with Crippen LogP contribution in [0.1, 0.15) is 29.2 Å². The summed E-state index contributed by atoms with van der Waals surface area (Å²) in [6, 6.07) is 26.2. The van der Waals surface area contributed by atoms with Gasteiger partial charge in [0.2, 0.25) is 0 Å². The van der Waals surface area contributed by atoms with E-state index in [1.165, 1.54) is 0 Å². The van der Waals surface area contributed by atoms with E-state index in [1.54, 1.807) is 0 Å². The monoisotopic (exact) mass is 384 g/mol. The molecule has 0 aromatic heterocycles. The molecule has 1 N–H and O–H groups in total. The van der Waals surface area contributed by atoms with Gasteiger partial charge < -0.3 is 10.2 Å². The molecule has 0 bridgehead atoms. The molecule has 0 heterocycles. The van der Waals surface area contributed by atoms with Crippen LogP contribution in [0, 0.1) is 13.8 Å². The molecule has 2 amide bonds. The number of para-hydroxylation sites is 1. The lowest BCUT2D eigenvalue weighted by molar-refractivity contribution is 0.214. The van der Waals surface area contributed by atoms with Crippen LogP contribution in [0.25, 0.3) is 6.08 Å². The minimum absolute atomic E-state index is 0.0907. The van der Waals surface area contributed by atoms with Crippen molar-refractivity contribution in [2.75, 3.05) is 11.9 Å². The first-order chi connectivity index (χ1) is 14.0. The van der Waals surface area contributed by atoms with Crippen molar-refractivity contribution in [3.05, 3.63) is 107 Å². The minimum atomic E-state index is -0.0907. The van der Waals surface area contributed by atoms with Gasteiger partial charge in [0.15, 0.2) is 0 Å². The lowest BCUT2D eigenvalue weighted by Crippen LogP contribution is -2.36. The van der Waals surface area contributed by atoms with E-state index in [9.17, 15) is 4.79 Å². The number of benzene rings is 3. The zero-order chi connectivity index (χ0) is 20.6. The van der Waals surface area contributed by atoms with Gasteiger partial charge in [-0.3, -0.25) is 0 Å². The van der Waals surface area contributed by atoms with Crippen molar-refractivity contribution >= 4 is 17.8 Å². The van der Waals surface area contributed by atoms with E-state index in [-0.39, 0.29) is 6.03 Å². The number of anilines is 1. The van der Waals surface area contributed by atoms with Gasteiger partial charge in [0.1, 0.15) is 0 Å². The quantitative estimate of drug-likeness (QED) is 0.521. The van der Waals surface area contributed by atoms with Gasteiger partial charge in [-0.05, 0) is 43.0 Å². The van der Waals surface area contributed by atoms with Crippen LogP contribution in [0.4, 0.5) is 10.5 Å². The van der Waals surface area contributed by atoms with Gasteiger partial charge in [-0.2, -0.15) is 0 Å². The third-order valence-electron chi connectivity index (χ3n) is 4.87. The largest absolute Gasteiger partial charge is 0.322 e. The summed E-state index contributed by atoms with van der Waals surface area (Å²) in [5, 5.41) is 3.13. The highest BCUT2D eigenvalue weighted by atomic mass is 16.2. The standard InChI is InChI=1S/C26H28N2O/c1-20(17-23-13-6-4-7-14-23)18-28(19-24-15-8-5-9-16-24)26(29)27-25-21(2)11-10-12-22(25)3/h4-17H,18-19H2,1-3H3,(H,27,29). The van der Waals surface area contributed by atoms with E-state index in [0.29, 0.717) is 13.1 Å². The summed E-state index contributed by atoms with van der Waals surface area (Å²) >= 11 is 0. The Morgan fingerprint density at radius 2 is 1.45 bits per heavy atom. The number of hydrogen-bond donors (Lipinski definition) is 1. The topological polar surface area (TPSA) is 32.3 Å². The van der Waals surface area contributed by atoms with Gasteiger partial charge >= 0.3 is 6.03 Å². The van der Waals surface area contributed by atoms with Crippen molar-refractivity contribution < 1.29 is 4.79 Å². The molecule has 0 aliphatic heterocycles. The Hall–Kier alpha value is -3.33. The van der Waals surface area contributed by atoms with Crippen molar-refractivity contribution in [3.8, 4) is 0 Å². The van der Waals surface area contributed by atoms with E-state index < -0.39 is 0 Å². The number of hydrogen-bond acceptors (Lipinski definition) is 1. The summed E-state index contributed by atoms with van der Waals surface area (Å²) in [5.41, 5.74) is 6.39. The zero-order valence-corrected chi connectivity index (χ0v) is 17.4. The number of aryl methyl sites for hydroxylation is 2. The predicted molar refractivity (Wildman–Crippen MR) is 122 cm³/mol. The van der Waals surface area contributed by atoms with Crippen LogP contribution < -0.4 is 5.32 Å². The molecule has 0 fully saturated rings. The van der Waals surface area contributed by atoms with Crippen molar-refractivity contribution in [2.24, 2.45) is 0 Å². The highest BCUT2D eigenvalue weighted by Gasteiger charge is 2.16. The summed E-state index contributed by atoms with van der Waals surface area (Å²) in [6.45, 7) is 7.21. The molecule has 3 nitrogen and oxygen atoms in total. The minimum Gasteiger partial charge on any atom is -0.316 e. The highest BCUT2D eigenvalue weighted by molar-refractivity contribution is 5.91. The maximum Gasteiger partial charge on any atom is 0.322 e. The van der Waals surface area contributed by atoms with Gasteiger partial charge in [-0.25, -0.2) is 4.79 Å². The molecule has 29 heavy (non-hydrogen) atoms. The average molecular weight is 385 g/mol. The summed E-state index contributed by atoms with van der Waals surface area (Å²) in [4.78, 5) is 15.1. The van der Waals surface area contributed by atoms with Crippen LogP contribution in [0.3, 0.4) is 0 Å². The number of amides is 2. The van der Waals surface area contributed by atoms with Crippen molar-refractivity contribution in [3.63, 3.8) is 0 Å². The number of rotatable bonds is 6. The second-order valence-corrected chi connectivity index (χ2v) is 7.44. The lowest BCUT2D eigenvalue weighted by Gasteiger charge is -2.25. The van der Waals surface area contributed by atoms with Crippen LogP contribution in [-0.4, -0.2) is 17.5 Å². The molecule has 148 valence electrons. The van der Waals surface area contributed by atoms with E-state index in [2.05, 4.69) is 42.6 Å². The fourth-order valence-electron chi connectivity index (χ4n) is 3.38. The molecule has 0 aliphatic carbocycles. The van der Waals surface area contributed by atoms with E-state index in [0.717, 1.165) is 33.5 Å². The zero-order valence-electron chi connectivity index (χ0n) is 17.4. The Kier molecular flexibility index (Phi) is 6.85. The molecular weight excluding hydrogens is 356 g/mol. The van der Waals surface area contributed by atoms with Gasteiger partial charge in [-0.15, -0.1) is 0 Å². The van der Waals surface area contributed by atoms with Gasteiger partial charge in [-0.1, -0.05) is 90.5 Å². The highest BCUT2D eigenvalue weighted by Crippen LogP contribution is 2.21. The van der Waals surface area contributed by atoms with Gasteiger partial charge in [0.25, 0.3) is 0 Å². The second-order valence-electron chi connectivity index (χ2n) is 7.44. The molecule has 3 heteroatoms. The molecule has 0 saturated carbocycles. The Labute approximate surface area is 173 Å². The smallest absolute Gasteiger partial charge is 0.316 e. The number of nitrogens with zero attached hydrogens (tertiary/aromatic N) is 1. The van der Waals surface area contributed by atoms with Crippen LogP contribution >= 0.6 is 0 Å². The number of urea groups is 1. The van der Waals surface area contributed by atoms with Gasteiger partial charge in [0.05, 0.1) is 0 Å². The Balaban J connectivity index is 1.82. The normalized spacial score (nSPS) is 11.2. The van der Waals surface area contributed by atoms with Crippen molar-refractivity contribution in [1.82, 2.24) is 4.90 Å². The van der Waals surface area contributed by atoms with Gasteiger partial charge in [0, 0.05) is 18.8 Å². The number of nitrogens with one attached hydrogen (secondary N) is 1. The van der Waals surface area contributed by atoms with Crippen LogP contribution in [0.5, 0.6) is 0 Å². The molecule has 0 spiro atoms. The number of carbonyl (C=O) groups excluding carboxylic acids is 1. The first-order valence-electron chi connectivity index (χ1n) is 9.91. The molecule has 0 saturated heterocycles. The van der Waals surface area contributed by atoms with E-state index >= 15 is 0 Å². The molecule has 3 rings (SSSR count). The lowest BCUT2D eigenvalue weighted by atomic mass is 10.1. The Morgan fingerprint density at radius 3 is 2.07 bits per heavy atom. The molecule has 0 aliphatic rings. The third kappa shape index (κ3) is 5.82. The summed E-state index contributed by atoms with van der Waals surface area (Å²) in [5.74, 6) is 0. The van der Waals surface area contributed by atoms with Crippen LogP contribution in [-0.2, 0) is 6.54 Å². The Bertz CT molecular complexity index is 958. The summed E-state index contributed by atoms with van der Waals surface area (Å²) in [7, 11) is 0. The summed E-state index contributed by atoms with van der Waals surface area (Å²) in [6.07, 6.45) is 2.13. The molecule has 0 unspecified atom stereocenters. The Morgan fingerprint density at radius 1 is 0.862 bits per heavy atom. The van der Waals surface area contributed by atoms with Crippen molar-refractivity contribution in [2.45, 2.75) is 27.3 Å². The van der Waals surface area contributed by atoms with E-state index in [4.69, 9.17) is 0 Å². The average Bonchev–Trinajstić information content (AvgIpc) is 2.72. The summed E-state index contributed by atoms with van der Waals surface area (Å²) < 4.78 is 0. The SMILES string of the molecule is CC(=Cc1ccccc1)CN(Cc1ccccc1)C(=O)Nc1c(C)cccc1C. The molecule has 3 aromatic carbocycles. The van der Waals surface area contributed by atoms with E-state index in [1.807, 2.05) is 73.3 Å². The molecule has 0 atom stereocenters. The first kappa shape index (κ1) is 20.4. The maximum atomic E-state index is 13.2.